The third-order valence-corrected chi connectivity index (χ3v) is 0.766. The summed E-state index contributed by atoms with van der Waals surface area (Å²) in [5.74, 6) is -0.451. The van der Waals surface area contributed by atoms with Crippen molar-refractivity contribution in [1.29, 1.82) is 0 Å². The van der Waals surface area contributed by atoms with Gasteiger partial charge in [-0.3, -0.25) is 5.32 Å². The molecule has 0 aromatic heterocycles. The van der Waals surface area contributed by atoms with Crippen LogP contribution in [0.3, 0.4) is 0 Å². The molecule has 1 atom stereocenters. The average Bonchev–Trinajstić information content (AvgIpc) is 1.84. The van der Waals surface area contributed by atoms with E-state index < -0.39 is 12.1 Å². The standard InChI is InChI=1S/C4H10N2O2/c1-6-3(5)4(7)8-2/h3,6H,5H2,1-2H3. The van der Waals surface area contributed by atoms with Gasteiger partial charge in [0.2, 0.25) is 0 Å². The molecule has 4 heteroatoms. The molecule has 0 fully saturated rings. The number of hydrogen-bond donors (Lipinski definition) is 2. The van der Waals surface area contributed by atoms with Crippen molar-refractivity contribution in [2.45, 2.75) is 6.17 Å². The average molecular weight is 118 g/mol. The highest BCUT2D eigenvalue weighted by molar-refractivity contribution is 5.74. The fraction of sp³-hybridized carbons (Fsp3) is 0.750. The molecule has 0 aliphatic rings. The van der Waals surface area contributed by atoms with Crippen LogP contribution in [0.4, 0.5) is 0 Å². The lowest BCUT2D eigenvalue weighted by atomic mass is 10.5. The molecule has 0 saturated carbocycles. The van der Waals surface area contributed by atoms with Crippen molar-refractivity contribution in [3.05, 3.63) is 0 Å². The van der Waals surface area contributed by atoms with Crippen LogP contribution in [-0.4, -0.2) is 26.3 Å². The molecule has 0 aromatic rings. The van der Waals surface area contributed by atoms with E-state index in [9.17, 15) is 4.79 Å². The van der Waals surface area contributed by atoms with Crippen molar-refractivity contribution in [2.24, 2.45) is 5.73 Å². The van der Waals surface area contributed by atoms with Crippen molar-refractivity contribution in [1.82, 2.24) is 5.32 Å². The van der Waals surface area contributed by atoms with Gasteiger partial charge in [-0.25, -0.2) is 4.79 Å². The summed E-state index contributed by atoms with van der Waals surface area (Å²) in [4.78, 5) is 10.3. The van der Waals surface area contributed by atoms with Gasteiger partial charge in [-0.15, -0.1) is 0 Å². The molecule has 0 radical (unpaired) electrons. The first-order chi connectivity index (χ1) is 3.72. The number of carbonyl (C=O) groups is 1. The molecule has 8 heavy (non-hydrogen) atoms. The van der Waals surface area contributed by atoms with E-state index in [2.05, 4.69) is 10.1 Å². The number of hydrogen-bond acceptors (Lipinski definition) is 4. The Hall–Kier alpha value is -0.610. The first-order valence-electron chi connectivity index (χ1n) is 2.23. The van der Waals surface area contributed by atoms with E-state index >= 15 is 0 Å². The van der Waals surface area contributed by atoms with Gasteiger partial charge in [-0.2, -0.15) is 0 Å². The van der Waals surface area contributed by atoms with Crippen LogP contribution in [0.1, 0.15) is 0 Å². The van der Waals surface area contributed by atoms with Crippen molar-refractivity contribution in [3.63, 3.8) is 0 Å². The van der Waals surface area contributed by atoms with Crippen LogP contribution in [0.15, 0.2) is 0 Å². The lowest BCUT2D eigenvalue weighted by Crippen LogP contribution is -2.42. The molecule has 0 spiro atoms. The molecule has 48 valence electrons. The number of nitrogens with two attached hydrogens (primary N) is 1. The predicted molar refractivity (Wildman–Crippen MR) is 29.1 cm³/mol. The van der Waals surface area contributed by atoms with Crippen LogP contribution in [0.2, 0.25) is 0 Å². The molecule has 0 amide bonds. The Balaban J connectivity index is 3.46. The van der Waals surface area contributed by atoms with Crippen LogP contribution in [0.5, 0.6) is 0 Å². The van der Waals surface area contributed by atoms with E-state index in [0.717, 1.165) is 0 Å². The molecule has 0 aliphatic heterocycles. The fourth-order valence-corrected chi connectivity index (χ4v) is 0.245. The molecule has 1 unspecified atom stereocenters. The molecular weight excluding hydrogens is 108 g/mol. The molecular formula is C4H10N2O2. The second kappa shape index (κ2) is 3.40. The zero-order valence-electron chi connectivity index (χ0n) is 4.97. The highest BCUT2D eigenvalue weighted by atomic mass is 16.5. The Labute approximate surface area is 48.0 Å². The number of ether oxygens (including phenoxy) is 1. The zero-order chi connectivity index (χ0) is 6.57. The maximum Gasteiger partial charge on any atom is 0.337 e. The van der Waals surface area contributed by atoms with Crippen molar-refractivity contribution >= 4 is 5.97 Å². The summed E-state index contributed by atoms with van der Waals surface area (Å²) in [6.07, 6.45) is -0.694. The third kappa shape index (κ3) is 1.90. The quantitative estimate of drug-likeness (QED) is 0.348. The Kier molecular flexibility index (Phi) is 3.14. The van der Waals surface area contributed by atoms with E-state index in [1.807, 2.05) is 0 Å². The second-order valence-corrected chi connectivity index (χ2v) is 1.29. The van der Waals surface area contributed by atoms with E-state index in [0.29, 0.717) is 0 Å². The minimum Gasteiger partial charge on any atom is -0.467 e. The molecule has 0 bridgehead atoms. The minimum absolute atomic E-state index is 0.451. The number of nitrogens with one attached hydrogen (secondary N) is 1. The topological polar surface area (TPSA) is 64.3 Å². The smallest absolute Gasteiger partial charge is 0.337 e. The Bertz CT molecular complexity index is 84.1. The summed E-state index contributed by atoms with van der Waals surface area (Å²) in [7, 11) is 2.88. The molecule has 0 aliphatic carbocycles. The highest BCUT2D eigenvalue weighted by Crippen LogP contribution is 1.73. The maximum absolute atomic E-state index is 10.3. The summed E-state index contributed by atoms with van der Waals surface area (Å²) >= 11 is 0. The number of likely N-dealkylation sites (N-methyl/N-ethyl adjacent to an activating group) is 1. The first-order valence-corrected chi connectivity index (χ1v) is 2.23. The molecule has 0 saturated heterocycles. The summed E-state index contributed by atoms with van der Waals surface area (Å²) in [5, 5.41) is 2.52. The Morgan fingerprint density at radius 2 is 2.38 bits per heavy atom. The number of esters is 1. The fourth-order valence-electron chi connectivity index (χ4n) is 0.245. The van der Waals surface area contributed by atoms with Gasteiger partial charge in [0.15, 0.2) is 6.17 Å². The van der Waals surface area contributed by atoms with Gasteiger partial charge in [0.25, 0.3) is 0 Å². The summed E-state index contributed by atoms with van der Waals surface area (Å²) in [6, 6.07) is 0. The largest absolute Gasteiger partial charge is 0.467 e. The molecule has 4 nitrogen and oxygen atoms in total. The van der Waals surface area contributed by atoms with Crippen molar-refractivity contribution in [2.75, 3.05) is 14.2 Å². The van der Waals surface area contributed by atoms with Gasteiger partial charge in [-0.05, 0) is 7.05 Å². The van der Waals surface area contributed by atoms with E-state index in [4.69, 9.17) is 5.73 Å². The van der Waals surface area contributed by atoms with Crippen molar-refractivity contribution < 1.29 is 9.53 Å². The SMILES string of the molecule is CNC(N)C(=O)OC. The van der Waals surface area contributed by atoms with E-state index in [1.165, 1.54) is 7.11 Å². The van der Waals surface area contributed by atoms with Gasteiger partial charge in [0, 0.05) is 0 Å². The molecule has 0 heterocycles. The maximum atomic E-state index is 10.3. The van der Waals surface area contributed by atoms with Crippen LogP contribution < -0.4 is 11.1 Å². The molecule has 0 rings (SSSR count). The van der Waals surface area contributed by atoms with E-state index in [-0.39, 0.29) is 0 Å². The van der Waals surface area contributed by atoms with Gasteiger partial charge in [0.1, 0.15) is 0 Å². The van der Waals surface area contributed by atoms with Crippen LogP contribution >= 0.6 is 0 Å². The molecule has 3 N–H and O–H groups in total. The van der Waals surface area contributed by atoms with Crippen LogP contribution in [0, 0.1) is 0 Å². The summed E-state index contributed by atoms with van der Waals surface area (Å²) in [6.45, 7) is 0. The van der Waals surface area contributed by atoms with Crippen LogP contribution in [0.25, 0.3) is 0 Å². The van der Waals surface area contributed by atoms with Crippen LogP contribution in [-0.2, 0) is 9.53 Å². The zero-order valence-corrected chi connectivity index (χ0v) is 4.97. The number of carbonyl (C=O) groups excluding carboxylic acids is 1. The predicted octanol–water partition coefficient (Wildman–Crippen LogP) is -1.34. The Morgan fingerprint density at radius 1 is 1.88 bits per heavy atom. The number of rotatable bonds is 2. The number of methoxy groups -OCH3 is 1. The summed E-state index contributed by atoms with van der Waals surface area (Å²) < 4.78 is 4.28. The minimum atomic E-state index is -0.694. The highest BCUT2D eigenvalue weighted by Gasteiger charge is 2.08. The Morgan fingerprint density at radius 3 is 2.50 bits per heavy atom. The van der Waals surface area contributed by atoms with E-state index in [1.54, 1.807) is 7.05 Å². The van der Waals surface area contributed by atoms with Crippen molar-refractivity contribution in [3.8, 4) is 0 Å². The monoisotopic (exact) mass is 118 g/mol. The van der Waals surface area contributed by atoms with Gasteiger partial charge in [0.05, 0.1) is 7.11 Å². The normalized spacial score (nSPS) is 12.9. The van der Waals surface area contributed by atoms with Gasteiger partial charge >= 0.3 is 5.97 Å². The van der Waals surface area contributed by atoms with Gasteiger partial charge < -0.3 is 10.5 Å². The first kappa shape index (κ1) is 7.39. The van der Waals surface area contributed by atoms with Gasteiger partial charge in [-0.1, -0.05) is 0 Å². The lowest BCUT2D eigenvalue weighted by Gasteiger charge is -2.04. The lowest BCUT2D eigenvalue weighted by molar-refractivity contribution is -0.142. The third-order valence-electron chi connectivity index (χ3n) is 0.766. The molecule has 0 aromatic carbocycles. The summed E-state index contributed by atoms with van der Waals surface area (Å²) in [5.41, 5.74) is 5.14. The second-order valence-electron chi connectivity index (χ2n) is 1.29.